The van der Waals surface area contributed by atoms with Crippen molar-refractivity contribution in [2.75, 3.05) is 0 Å². The molecule has 1 nitrogen and oxygen atoms in total. The van der Waals surface area contributed by atoms with Crippen LogP contribution in [0.25, 0.3) is 0 Å². The Morgan fingerprint density at radius 2 is 0.844 bits per heavy atom. The zero-order valence-corrected chi connectivity index (χ0v) is 23.9. The Bertz CT molecular complexity index is 346. The van der Waals surface area contributed by atoms with E-state index in [4.69, 9.17) is 5.73 Å². The fraction of sp³-hybridized carbons (Fsp3) is 1.00. The molecule has 0 heterocycles. The lowest BCUT2D eigenvalue weighted by Crippen LogP contribution is -2.46. The maximum Gasteiger partial charge on any atom is 0.0180 e. The minimum absolute atomic E-state index is 0. The minimum Gasteiger partial charge on any atom is -0.325 e. The Morgan fingerprint density at radius 1 is 0.500 bits per heavy atom. The van der Waals surface area contributed by atoms with E-state index in [9.17, 15) is 0 Å². The van der Waals surface area contributed by atoms with Gasteiger partial charge in [-0.3, -0.25) is 0 Å². The molecule has 0 fully saturated rings. The van der Waals surface area contributed by atoms with Crippen molar-refractivity contribution in [3.05, 3.63) is 0 Å². The first-order valence-corrected chi connectivity index (χ1v) is 14.9. The van der Waals surface area contributed by atoms with E-state index in [0.717, 1.165) is 12.3 Å². The highest BCUT2D eigenvalue weighted by Gasteiger charge is 2.30. The molecule has 2 atom stereocenters. The van der Waals surface area contributed by atoms with Crippen LogP contribution in [0.4, 0.5) is 0 Å². The topological polar surface area (TPSA) is 26.0 Å². The molecule has 0 saturated carbocycles. The van der Waals surface area contributed by atoms with Crippen LogP contribution < -0.4 is 5.73 Å². The molecule has 0 aromatic rings. The number of halogens is 1. The molecule has 0 aromatic heterocycles. The van der Waals surface area contributed by atoms with Gasteiger partial charge in [-0.05, 0) is 25.2 Å². The zero-order chi connectivity index (χ0) is 23.0. The van der Waals surface area contributed by atoms with Gasteiger partial charge < -0.3 is 5.73 Å². The van der Waals surface area contributed by atoms with Gasteiger partial charge in [-0.2, -0.15) is 0 Å². The quantitative estimate of drug-likeness (QED) is 0.131. The zero-order valence-electron chi connectivity index (χ0n) is 23.0. The van der Waals surface area contributed by atoms with Crippen molar-refractivity contribution in [2.45, 2.75) is 187 Å². The summed E-state index contributed by atoms with van der Waals surface area (Å²) in [4.78, 5) is 0. The van der Waals surface area contributed by atoms with Gasteiger partial charge in [0.25, 0.3) is 0 Å². The predicted molar refractivity (Wildman–Crippen MR) is 151 cm³/mol. The summed E-state index contributed by atoms with van der Waals surface area (Å²) in [7, 11) is 0. The van der Waals surface area contributed by atoms with E-state index < -0.39 is 0 Å². The van der Waals surface area contributed by atoms with Crippen LogP contribution in [0.2, 0.25) is 0 Å². The molecule has 0 amide bonds. The first kappa shape index (κ1) is 34.4. The van der Waals surface area contributed by atoms with Crippen LogP contribution in [0.15, 0.2) is 0 Å². The lowest BCUT2D eigenvalue weighted by atomic mass is 9.74. The van der Waals surface area contributed by atoms with Gasteiger partial charge in [0, 0.05) is 5.54 Å². The van der Waals surface area contributed by atoms with Crippen molar-refractivity contribution in [1.29, 1.82) is 0 Å². The van der Waals surface area contributed by atoms with Crippen LogP contribution in [0, 0.1) is 5.92 Å². The Kier molecular flexibility index (Phi) is 27.8. The first-order chi connectivity index (χ1) is 15.1. The second-order valence-corrected chi connectivity index (χ2v) is 10.6. The maximum atomic E-state index is 6.95. The van der Waals surface area contributed by atoms with Crippen LogP contribution in [-0.2, 0) is 0 Å². The number of rotatable bonds is 25. The lowest BCUT2D eigenvalue weighted by Gasteiger charge is -2.37. The van der Waals surface area contributed by atoms with E-state index in [-0.39, 0.29) is 17.9 Å². The van der Waals surface area contributed by atoms with E-state index in [0.29, 0.717) is 0 Å². The summed E-state index contributed by atoms with van der Waals surface area (Å²) in [5.41, 5.74) is 7.04. The Balaban J connectivity index is 0. The van der Waals surface area contributed by atoms with Gasteiger partial charge in [-0.15, -0.1) is 12.4 Å². The number of hydrogen-bond donors (Lipinski definition) is 1. The molecule has 0 aliphatic heterocycles. The van der Waals surface area contributed by atoms with Gasteiger partial charge in [0.05, 0.1) is 0 Å². The molecule has 196 valence electrons. The monoisotopic (exact) mass is 473 g/mol. The summed E-state index contributed by atoms with van der Waals surface area (Å²) in [5.74, 6) is 0.727. The molecule has 0 saturated heterocycles. The van der Waals surface area contributed by atoms with Crippen molar-refractivity contribution in [1.82, 2.24) is 0 Å². The first-order valence-electron chi connectivity index (χ1n) is 14.9. The third kappa shape index (κ3) is 19.7. The highest BCUT2D eigenvalue weighted by Crippen LogP contribution is 2.32. The second-order valence-electron chi connectivity index (χ2n) is 10.6. The molecule has 0 bridgehead atoms. The molecule has 0 rings (SSSR count). The molecular weight excluding hydrogens is 410 g/mol. The van der Waals surface area contributed by atoms with Gasteiger partial charge in [-0.1, -0.05) is 163 Å². The molecule has 32 heavy (non-hydrogen) atoms. The van der Waals surface area contributed by atoms with Gasteiger partial charge in [0.2, 0.25) is 0 Å². The SMILES string of the molecule is CCCCCCCCCCCCCCCCC(CC)C(N)(CC)CCCCCCCC.Cl. The summed E-state index contributed by atoms with van der Waals surface area (Å²) in [6.45, 7) is 9.29. The van der Waals surface area contributed by atoms with Crippen molar-refractivity contribution >= 4 is 12.4 Å². The molecule has 2 heteroatoms. The van der Waals surface area contributed by atoms with E-state index in [1.807, 2.05) is 0 Å². The lowest BCUT2D eigenvalue weighted by molar-refractivity contribution is 0.211. The van der Waals surface area contributed by atoms with Crippen LogP contribution in [-0.4, -0.2) is 5.54 Å². The van der Waals surface area contributed by atoms with Gasteiger partial charge in [0.1, 0.15) is 0 Å². The Labute approximate surface area is 211 Å². The number of unbranched alkanes of at least 4 members (excludes halogenated alkanes) is 18. The predicted octanol–water partition coefficient (Wildman–Crippen LogP) is 11.2. The van der Waals surface area contributed by atoms with Crippen molar-refractivity contribution < 1.29 is 0 Å². The standard InChI is InChI=1S/C30H63N.ClH/c1-5-9-11-13-15-16-17-18-19-20-21-22-23-25-27-29(7-3)30(31,8-4)28-26-24-14-12-10-6-2;/h29H,5-28,31H2,1-4H3;1H. The van der Waals surface area contributed by atoms with Gasteiger partial charge >= 0.3 is 0 Å². The summed E-state index contributed by atoms with van der Waals surface area (Å²) < 4.78 is 0. The van der Waals surface area contributed by atoms with Gasteiger partial charge in [0.15, 0.2) is 0 Å². The van der Waals surface area contributed by atoms with Crippen LogP contribution in [0.5, 0.6) is 0 Å². The summed E-state index contributed by atoms with van der Waals surface area (Å²) >= 11 is 0. The third-order valence-electron chi connectivity index (χ3n) is 7.87. The fourth-order valence-corrected chi connectivity index (χ4v) is 5.39. The minimum atomic E-state index is 0. The number of nitrogens with two attached hydrogens (primary N) is 1. The van der Waals surface area contributed by atoms with E-state index in [2.05, 4.69) is 27.7 Å². The average molecular weight is 474 g/mol. The summed E-state index contributed by atoms with van der Waals surface area (Å²) in [5, 5.41) is 0. The van der Waals surface area contributed by atoms with Crippen LogP contribution in [0.3, 0.4) is 0 Å². The molecule has 0 aliphatic rings. The third-order valence-corrected chi connectivity index (χ3v) is 7.87. The molecule has 0 aromatic carbocycles. The van der Waals surface area contributed by atoms with Gasteiger partial charge in [-0.25, -0.2) is 0 Å². The average Bonchev–Trinajstić information content (AvgIpc) is 2.78. The largest absolute Gasteiger partial charge is 0.325 e. The van der Waals surface area contributed by atoms with E-state index in [1.165, 1.54) is 148 Å². The second kappa shape index (κ2) is 25.9. The Morgan fingerprint density at radius 3 is 1.19 bits per heavy atom. The normalized spacial score (nSPS) is 14.2. The van der Waals surface area contributed by atoms with Crippen molar-refractivity contribution in [2.24, 2.45) is 11.7 Å². The molecule has 0 radical (unpaired) electrons. The highest BCUT2D eigenvalue weighted by molar-refractivity contribution is 5.85. The molecule has 2 unspecified atom stereocenters. The van der Waals surface area contributed by atoms with E-state index >= 15 is 0 Å². The smallest absolute Gasteiger partial charge is 0.0180 e. The molecular formula is C30H64ClN. The fourth-order valence-electron chi connectivity index (χ4n) is 5.39. The number of hydrogen-bond acceptors (Lipinski definition) is 1. The molecule has 0 aliphatic carbocycles. The van der Waals surface area contributed by atoms with Crippen molar-refractivity contribution in [3.8, 4) is 0 Å². The highest BCUT2D eigenvalue weighted by atomic mass is 35.5. The van der Waals surface area contributed by atoms with Crippen molar-refractivity contribution in [3.63, 3.8) is 0 Å². The summed E-state index contributed by atoms with van der Waals surface area (Å²) in [6.07, 6.45) is 33.5. The van der Waals surface area contributed by atoms with Crippen LogP contribution in [0.1, 0.15) is 182 Å². The maximum absolute atomic E-state index is 6.95. The molecule has 0 spiro atoms. The Hall–Kier alpha value is 0.250. The van der Waals surface area contributed by atoms with Crippen LogP contribution >= 0.6 is 12.4 Å². The molecule has 2 N–H and O–H groups in total. The van der Waals surface area contributed by atoms with E-state index in [1.54, 1.807) is 0 Å². The summed E-state index contributed by atoms with van der Waals surface area (Å²) in [6, 6.07) is 0.